The number of rotatable bonds is 11. The maximum absolute atomic E-state index is 13.5. The fourth-order valence-electron chi connectivity index (χ4n) is 5.21. The number of Topliss-reactive ketones (excluding diaryl/α,β-unsaturated/α-hetero) is 1. The molecule has 0 bridgehead atoms. The normalized spacial score (nSPS) is 14.9. The molecule has 3 aromatic carbocycles. The lowest BCUT2D eigenvalue weighted by Gasteiger charge is -2.17. The highest BCUT2D eigenvalue weighted by Gasteiger charge is 2.50. The van der Waals surface area contributed by atoms with E-state index in [9.17, 15) is 9.59 Å². The summed E-state index contributed by atoms with van der Waals surface area (Å²) in [6, 6.07) is 20.0. The number of hydrogen-bond acceptors (Lipinski definition) is 5. The van der Waals surface area contributed by atoms with Crippen molar-refractivity contribution in [1.29, 1.82) is 0 Å². The van der Waals surface area contributed by atoms with Crippen molar-refractivity contribution in [1.82, 2.24) is 10.2 Å². The molecule has 1 aliphatic heterocycles. The topological polar surface area (TPSA) is 67.9 Å². The quantitative estimate of drug-likeness (QED) is 0.346. The van der Waals surface area contributed by atoms with Gasteiger partial charge in [-0.15, -0.1) is 0 Å². The zero-order valence-corrected chi connectivity index (χ0v) is 22.5. The van der Waals surface area contributed by atoms with Gasteiger partial charge in [-0.2, -0.15) is 0 Å². The van der Waals surface area contributed by atoms with E-state index in [4.69, 9.17) is 9.47 Å². The monoisotopic (exact) mass is 514 g/mol. The minimum absolute atomic E-state index is 0. The fourth-order valence-corrected chi connectivity index (χ4v) is 5.21. The molecule has 1 aliphatic carbocycles. The number of carbonyl (C=O) groups excluding carboxylic acids is 2. The standard InChI is InChI=1S/C32H36N2O4.H2/c1-4-23-7-6-22(19-30(35)32(14-15-32)26-12-13-28-29(20-26)38-21-37-28)18-27(23)24-8-10-25(11-9-24)31(36)33-16-5-17-34(2)3;/h6-13,18,20H,4-5,14-17,19,21H2,1-3H3,(H,33,36);1H. The summed E-state index contributed by atoms with van der Waals surface area (Å²) < 4.78 is 11.0. The van der Waals surface area contributed by atoms with Gasteiger partial charge in [-0.25, -0.2) is 0 Å². The molecule has 0 spiro atoms. The van der Waals surface area contributed by atoms with E-state index in [1.165, 1.54) is 5.56 Å². The second kappa shape index (κ2) is 11.0. The van der Waals surface area contributed by atoms with Gasteiger partial charge in [0, 0.05) is 20.0 Å². The number of hydrogen-bond donors (Lipinski definition) is 1. The van der Waals surface area contributed by atoms with Crippen LogP contribution in [0.25, 0.3) is 11.1 Å². The maximum Gasteiger partial charge on any atom is 0.251 e. The number of carbonyl (C=O) groups is 2. The van der Waals surface area contributed by atoms with Gasteiger partial charge in [0.15, 0.2) is 11.5 Å². The van der Waals surface area contributed by atoms with Crippen molar-refractivity contribution >= 4 is 11.7 Å². The summed E-state index contributed by atoms with van der Waals surface area (Å²) in [6.45, 7) is 3.96. The van der Waals surface area contributed by atoms with Crippen molar-refractivity contribution in [2.75, 3.05) is 34.0 Å². The zero-order valence-electron chi connectivity index (χ0n) is 22.5. The second-order valence-electron chi connectivity index (χ2n) is 10.6. The molecule has 2 aliphatic rings. The summed E-state index contributed by atoms with van der Waals surface area (Å²) in [7, 11) is 4.05. The molecule has 1 N–H and O–H groups in total. The van der Waals surface area contributed by atoms with Gasteiger partial charge in [0.05, 0.1) is 5.41 Å². The predicted molar refractivity (Wildman–Crippen MR) is 151 cm³/mol. The summed E-state index contributed by atoms with van der Waals surface area (Å²) in [4.78, 5) is 28.2. The van der Waals surface area contributed by atoms with Crippen molar-refractivity contribution in [2.45, 2.75) is 44.4 Å². The summed E-state index contributed by atoms with van der Waals surface area (Å²) in [5.74, 6) is 1.66. The van der Waals surface area contributed by atoms with Gasteiger partial charge in [0.2, 0.25) is 6.79 Å². The van der Waals surface area contributed by atoms with Crippen LogP contribution in [0.5, 0.6) is 11.5 Å². The second-order valence-corrected chi connectivity index (χ2v) is 10.6. The first-order valence-electron chi connectivity index (χ1n) is 13.5. The van der Waals surface area contributed by atoms with Crippen LogP contribution in [0.15, 0.2) is 60.7 Å². The van der Waals surface area contributed by atoms with E-state index >= 15 is 0 Å². The summed E-state index contributed by atoms with van der Waals surface area (Å²) in [5.41, 5.74) is 5.65. The minimum Gasteiger partial charge on any atom is -0.454 e. The van der Waals surface area contributed by atoms with Crippen molar-refractivity contribution < 1.29 is 20.5 Å². The first-order chi connectivity index (χ1) is 18.4. The highest BCUT2D eigenvalue weighted by molar-refractivity contribution is 5.96. The zero-order chi connectivity index (χ0) is 26.7. The van der Waals surface area contributed by atoms with Gasteiger partial charge in [-0.3, -0.25) is 9.59 Å². The van der Waals surface area contributed by atoms with Gasteiger partial charge in [-0.05, 0) is 98.4 Å². The summed E-state index contributed by atoms with van der Waals surface area (Å²) in [5, 5.41) is 3.00. The van der Waals surface area contributed by atoms with Crippen molar-refractivity contribution in [2.24, 2.45) is 0 Å². The number of amides is 1. The highest BCUT2D eigenvalue weighted by Crippen LogP contribution is 2.51. The van der Waals surface area contributed by atoms with Crippen LogP contribution in [0.4, 0.5) is 0 Å². The molecule has 0 unspecified atom stereocenters. The minimum atomic E-state index is -0.424. The van der Waals surface area contributed by atoms with E-state index in [-0.39, 0.29) is 19.9 Å². The van der Waals surface area contributed by atoms with Crippen molar-refractivity contribution in [3.63, 3.8) is 0 Å². The molecule has 1 heterocycles. The van der Waals surface area contributed by atoms with Gasteiger partial charge < -0.3 is 19.7 Å². The van der Waals surface area contributed by atoms with Crippen LogP contribution in [0.2, 0.25) is 0 Å². The number of fused-ring (bicyclic) bond motifs is 1. The van der Waals surface area contributed by atoms with Gasteiger partial charge >= 0.3 is 0 Å². The first-order valence-corrected chi connectivity index (χ1v) is 13.5. The molecule has 1 saturated carbocycles. The summed E-state index contributed by atoms with van der Waals surface area (Å²) in [6.07, 6.45) is 3.92. The molecule has 1 fully saturated rings. The van der Waals surface area contributed by atoms with Crippen LogP contribution in [-0.4, -0.2) is 50.6 Å². The van der Waals surface area contributed by atoms with Crippen LogP contribution in [0.3, 0.4) is 0 Å². The van der Waals surface area contributed by atoms with E-state index < -0.39 is 5.41 Å². The summed E-state index contributed by atoms with van der Waals surface area (Å²) >= 11 is 0. The molecule has 5 rings (SSSR count). The Morgan fingerprint density at radius 1 is 0.974 bits per heavy atom. The van der Waals surface area contributed by atoms with Crippen molar-refractivity contribution in [3.8, 4) is 22.6 Å². The molecule has 38 heavy (non-hydrogen) atoms. The number of benzene rings is 3. The van der Waals surface area contributed by atoms with Crippen molar-refractivity contribution in [3.05, 3.63) is 82.9 Å². The van der Waals surface area contributed by atoms with Crippen LogP contribution in [-0.2, 0) is 23.1 Å². The predicted octanol–water partition coefficient (Wildman–Crippen LogP) is 5.42. The van der Waals surface area contributed by atoms with E-state index in [0.29, 0.717) is 18.5 Å². The van der Waals surface area contributed by atoms with Crippen LogP contribution >= 0.6 is 0 Å². The number of aryl methyl sites for hydroxylation is 1. The largest absolute Gasteiger partial charge is 0.454 e. The highest BCUT2D eigenvalue weighted by atomic mass is 16.7. The fraction of sp³-hybridized carbons (Fsp3) is 0.375. The Morgan fingerprint density at radius 3 is 2.45 bits per heavy atom. The van der Waals surface area contributed by atoms with Gasteiger partial charge in [0.25, 0.3) is 5.91 Å². The van der Waals surface area contributed by atoms with E-state index in [1.54, 1.807) is 0 Å². The molecule has 0 saturated heterocycles. The molecule has 1 amide bonds. The Hall–Kier alpha value is -3.64. The van der Waals surface area contributed by atoms with Crippen LogP contribution < -0.4 is 14.8 Å². The molecular formula is C32H38N2O4. The Bertz CT molecular complexity index is 1330. The average molecular weight is 515 g/mol. The molecule has 6 nitrogen and oxygen atoms in total. The van der Waals surface area contributed by atoms with Crippen LogP contribution in [0, 0.1) is 0 Å². The Labute approximate surface area is 226 Å². The van der Waals surface area contributed by atoms with E-state index in [0.717, 1.165) is 66.0 Å². The van der Waals surface area contributed by atoms with Gasteiger partial charge in [-0.1, -0.05) is 43.3 Å². The SMILES string of the molecule is CCc1ccc(CC(=O)C2(c3ccc4c(c3)OCO4)CC2)cc1-c1ccc(C(=O)NCCCN(C)C)cc1.[HH]. The van der Waals surface area contributed by atoms with E-state index in [2.05, 4.69) is 35.3 Å². The number of nitrogens with zero attached hydrogens (tertiary/aromatic N) is 1. The molecule has 6 heteroatoms. The maximum atomic E-state index is 13.5. The third kappa shape index (κ3) is 5.46. The first kappa shape index (κ1) is 26.0. The smallest absolute Gasteiger partial charge is 0.251 e. The molecule has 0 aromatic heterocycles. The lowest BCUT2D eigenvalue weighted by atomic mass is 9.86. The molecule has 200 valence electrons. The number of ether oxygens (including phenoxy) is 2. The molecule has 0 radical (unpaired) electrons. The lowest BCUT2D eigenvalue weighted by Crippen LogP contribution is -2.27. The Balaban J connectivity index is 0.00000353. The van der Waals surface area contributed by atoms with E-state index in [1.807, 2.05) is 56.6 Å². The third-order valence-electron chi connectivity index (χ3n) is 7.65. The average Bonchev–Trinajstić information content (AvgIpc) is 3.61. The van der Waals surface area contributed by atoms with Crippen LogP contribution in [0.1, 0.15) is 54.7 Å². The molecular weight excluding hydrogens is 476 g/mol. The lowest BCUT2D eigenvalue weighted by molar-refractivity contribution is -0.120. The molecule has 3 aromatic rings. The Morgan fingerprint density at radius 2 is 1.74 bits per heavy atom. The number of nitrogens with one attached hydrogen (secondary N) is 1. The third-order valence-corrected chi connectivity index (χ3v) is 7.65. The van der Waals surface area contributed by atoms with Gasteiger partial charge in [0.1, 0.15) is 5.78 Å². The molecule has 0 atom stereocenters. The Kier molecular flexibility index (Phi) is 7.52. The number of ketones is 1.